The Hall–Kier alpha value is -1.31. The molecule has 7 heteroatoms. The van der Waals surface area contributed by atoms with Crippen molar-refractivity contribution in [2.45, 2.75) is 32.1 Å². The van der Waals surface area contributed by atoms with E-state index in [9.17, 15) is 4.79 Å². The molecule has 108 valence electrons. The highest BCUT2D eigenvalue weighted by molar-refractivity contribution is 7.13. The van der Waals surface area contributed by atoms with E-state index in [1.807, 2.05) is 10.8 Å². The van der Waals surface area contributed by atoms with Crippen molar-refractivity contribution < 1.29 is 4.79 Å². The maximum Gasteiger partial charge on any atom is 0.232 e. The van der Waals surface area contributed by atoms with Gasteiger partial charge in [0.2, 0.25) is 5.91 Å². The lowest BCUT2D eigenvalue weighted by Crippen LogP contribution is -2.14. The van der Waals surface area contributed by atoms with Gasteiger partial charge in [-0.1, -0.05) is 6.42 Å². The summed E-state index contributed by atoms with van der Waals surface area (Å²) < 4.78 is 0. The second-order valence-corrected chi connectivity index (χ2v) is 6.23. The summed E-state index contributed by atoms with van der Waals surface area (Å²) in [5, 5.41) is 8.28. The number of carbonyl (C=O) groups excluding carboxylic acids is 1. The third-order valence-electron chi connectivity index (χ3n) is 2.71. The summed E-state index contributed by atoms with van der Waals surface area (Å²) >= 11 is 3.03. The average Bonchev–Trinajstić information content (AvgIpc) is 3.07. The van der Waals surface area contributed by atoms with Crippen LogP contribution in [-0.2, 0) is 17.6 Å². The lowest BCUT2D eigenvalue weighted by molar-refractivity contribution is -0.115. The first kappa shape index (κ1) is 15.1. The van der Waals surface area contributed by atoms with E-state index in [1.165, 1.54) is 11.3 Å². The van der Waals surface area contributed by atoms with Crippen LogP contribution >= 0.6 is 22.7 Å². The molecule has 0 aromatic carbocycles. The number of unbranched alkanes of at least 4 members (excludes halogenated alkanes) is 2. The Morgan fingerprint density at radius 1 is 1.30 bits per heavy atom. The van der Waals surface area contributed by atoms with Gasteiger partial charge in [0.15, 0.2) is 5.13 Å². The Morgan fingerprint density at radius 3 is 2.95 bits per heavy atom. The Morgan fingerprint density at radius 2 is 2.20 bits per heavy atom. The van der Waals surface area contributed by atoms with Crippen LogP contribution in [0.5, 0.6) is 0 Å². The molecule has 0 saturated heterocycles. The number of aromatic nitrogens is 2. The highest BCUT2D eigenvalue weighted by Crippen LogP contribution is 2.15. The predicted molar refractivity (Wildman–Crippen MR) is 83.2 cm³/mol. The first-order chi connectivity index (χ1) is 9.78. The summed E-state index contributed by atoms with van der Waals surface area (Å²) in [5.74, 6) is -0.0695. The molecule has 1 amide bonds. The molecule has 2 heterocycles. The molecule has 0 aliphatic rings. The van der Waals surface area contributed by atoms with Gasteiger partial charge in [-0.15, -0.1) is 22.7 Å². The minimum atomic E-state index is -0.0695. The van der Waals surface area contributed by atoms with E-state index in [0.717, 1.165) is 42.9 Å². The predicted octanol–water partition coefficient (Wildman–Crippen LogP) is 2.45. The second kappa shape index (κ2) is 8.08. The lowest BCUT2D eigenvalue weighted by Gasteiger charge is -1.99. The molecule has 0 aliphatic carbocycles. The normalized spacial score (nSPS) is 10.7. The molecular weight excluding hydrogens is 292 g/mol. The van der Waals surface area contributed by atoms with Crippen molar-refractivity contribution in [3.8, 4) is 0 Å². The number of carbonyl (C=O) groups is 1. The van der Waals surface area contributed by atoms with Gasteiger partial charge < -0.3 is 11.1 Å². The number of aryl methyl sites for hydroxylation is 1. The van der Waals surface area contributed by atoms with E-state index in [1.54, 1.807) is 17.5 Å². The number of nitrogens with two attached hydrogens (primary N) is 1. The number of hydrogen-bond donors (Lipinski definition) is 2. The zero-order chi connectivity index (χ0) is 14.2. The van der Waals surface area contributed by atoms with E-state index >= 15 is 0 Å². The Balaban J connectivity index is 1.75. The maximum absolute atomic E-state index is 11.8. The molecule has 0 atom stereocenters. The number of thiazole rings is 2. The summed E-state index contributed by atoms with van der Waals surface area (Å²) in [6.07, 6.45) is 6.25. The minimum Gasteiger partial charge on any atom is -0.330 e. The molecule has 2 aromatic rings. The van der Waals surface area contributed by atoms with Crippen LogP contribution in [0.15, 0.2) is 17.0 Å². The molecule has 0 spiro atoms. The fourth-order valence-corrected chi connectivity index (χ4v) is 3.14. The standard InChI is InChI=1S/C13H18N4OS2/c14-5-3-1-2-4-12-16-10(9-20-12)8-11(18)17-13-15-6-7-19-13/h6-7,9H,1-5,8,14H2,(H,15,17,18). The van der Waals surface area contributed by atoms with Crippen LogP contribution in [0.3, 0.4) is 0 Å². The molecule has 0 unspecified atom stereocenters. The van der Waals surface area contributed by atoms with Crippen molar-refractivity contribution in [3.05, 3.63) is 27.7 Å². The van der Waals surface area contributed by atoms with Crippen molar-refractivity contribution in [2.24, 2.45) is 5.73 Å². The second-order valence-electron chi connectivity index (χ2n) is 4.39. The monoisotopic (exact) mass is 310 g/mol. The van der Waals surface area contributed by atoms with Crippen LogP contribution in [0.25, 0.3) is 0 Å². The number of amides is 1. The zero-order valence-electron chi connectivity index (χ0n) is 11.2. The molecule has 2 rings (SSSR count). The van der Waals surface area contributed by atoms with Crippen LogP contribution in [0.1, 0.15) is 30.0 Å². The van der Waals surface area contributed by atoms with Crippen molar-refractivity contribution in [1.82, 2.24) is 9.97 Å². The SMILES string of the molecule is NCCCCCc1nc(CC(=O)Nc2nccs2)cs1. The third-order valence-corrected chi connectivity index (χ3v) is 4.36. The lowest BCUT2D eigenvalue weighted by atomic mass is 10.2. The summed E-state index contributed by atoms with van der Waals surface area (Å²) in [4.78, 5) is 20.3. The molecule has 5 nitrogen and oxygen atoms in total. The first-order valence-corrected chi connectivity index (χ1v) is 8.36. The number of rotatable bonds is 8. The summed E-state index contributed by atoms with van der Waals surface area (Å²) in [7, 11) is 0. The summed E-state index contributed by atoms with van der Waals surface area (Å²) in [5.41, 5.74) is 6.29. The van der Waals surface area contributed by atoms with Crippen LogP contribution in [0, 0.1) is 0 Å². The number of nitrogens with one attached hydrogen (secondary N) is 1. The Kier molecular flexibility index (Phi) is 6.10. The molecule has 0 bridgehead atoms. The van der Waals surface area contributed by atoms with E-state index in [-0.39, 0.29) is 5.91 Å². The molecule has 2 aromatic heterocycles. The van der Waals surface area contributed by atoms with E-state index in [2.05, 4.69) is 15.3 Å². The molecule has 0 saturated carbocycles. The van der Waals surface area contributed by atoms with Crippen LogP contribution < -0.4 is 11.1 Å². The molecular formula is C13H18N4OS2. The first-order valence-electron chi connectivity index (χ1n) is 6.60. The number of anilines is 1. The quantitative estimate of drug-likeness (QED) is 0.734. The topological polar surface area (TPSA) is 80.9 Å². The summed E-state index contributed by atoms with van der Waals surface area (Å²) in [6, 6.07) is 0. The average molecular weight is 310 g/mol. The van der Waals surface area contributed by atoms with Crippen LogP contribution in [0.2, 0.25) is 0 Å². The molecule has 0 aliphatic heterocycles. The van der Waals surface area contributed by atoms with Gasteiger partial charge in [-0.25, -0.2) is 9.97 Å². The molecule has 0 fully saturated rings. The van der Waals surface area contributed by atoms with Gasteiger partial charge in [-0.2, -0.15) is 0 Å². The van der Waals surface area contributed by atoms with Crippen molar-refractivity contribution in [3.63, 3.8) is 0 Å². The maximum atomic E-state index is 11.8. The van der Waals surface area contributed by atoms with E-state index in [4.69, 9.17) is 5.73 Å². The minimum absolute atomic E-state index is 0.0695. The van der Waals surface area contributed by atoms with Gasteiger partial charge >= 0.3 is 0 Å². The van der Waals surface area contributed by atoms with Crippen molar-refractivity contribution >= 4 is 33.7 Å². The Labute approximate surface area is 126 Å². The smallest absolute Gasteiger partial charge is 0.232 e. The highest BCUT2D eigenvalue weighted by atomic mass is 32.1. The number of nitrogens with zero attached hydrogens (tertiary/aromatic N) is 2. The molecule has 3 N–H and O–H groups in total. The fourth-order valence-electron chi connectivity index (χ4n) is 1.76. The third kappa shape index (κ3) is 4.99. The van der Waals surface area contributed by atoms with Gasteiger partial charge in [0, 0.05) is 17.0 Å². The van der Waals surface area contributed by atoms with Gasteiger partial charge in [-0.05, 0) is 25.8 Å². The molecule has 0 radical (unpaired) electrons. The van der Waals surface area contributed by atoms with E-state index in [0.29, 0.717) is 11.6 Å². The Bertz CT molecular complexity index is 524. The number of hydrogen-bond acceptors (Lipinski definition) is 6. The van der Waals surface area contributed by atoms with Crippen molar-refractivity contribution in [2.75, 3.05) is 11.9 Å². The van der Waals surface area contributed by atoms with Gasteiger partial charge in [-0.3, -0.25) is 4.79 Å². The zero-order valence-corrected chi connectivity index (χ0v) is 12.8. The molecule has 20 heavy (non-hydrogen) atoms. The summed E-state index contributed by atoms with van der Waals surface area (Å²) in [6.45, 7) is 0.750. The van der Waals surface area contributed by atoms with Gasteiger partial charge in [0.05, 0.1) is 17.1 Å². The van der Waals surface area contributed by atoms with Gasteiger partial charge in [0.1, 0.15) is 0 Å². The van der Waals surface area contributed by atoms with Crippen molar-refractivity contribution in [1.29, 1.82) is 0 Å². The largest absolute Gasteiger partial charge is 0.330 e. The van der Waals surface area contributed by atoms with Gasteiger partial charge in [0.25, 0.3) is 0 Å². The van der Waals surface area contributed by atoms with Crippen LogP contribution in [-0.4, -0.2) is 22.4 Å². The highest BCUT2D eigenvalue weighted by Gasteiger charge is 2.09. The fraction of sp³-hybridized carbons (Fsp3) is 0.462. The van der Waals surface area contributed by atoms with Crippen LogP contribution in [0.4, 0.5) is 5.13 Å². The van der Waals surface area contributed by atoms with E-state index < -0.39 is 0 Å².